The SMILES string of the molecule is CC1CN(S(=O)(=O)N2CCN(C(=O)C(C)Oc3cccc(Cl)c3)CC2)CC(C)O1. The predicted molar refractivity (Wildman–Crippen MR) is 110 cm³/mol. The van der Waals surface area contributed by atoms with Gasteiger partial charge >= 0.3 is 0 Å². The minimum Gasteiger partial charge on any atom is -0.481 e. The average Bonchev–Trinajstić information content (AvgIpc) is 2.66. The van der Waals surface area contributed by atoms with Crippen LogP contribution in [0, 0.1) is 0 Å². The lowest BCUT2D eigenvalue weighted by molar-refractivity contribution is -0.139. The van der Waals surface area contributed by atoms with Crippen LogP contribution in [0.2, 0.25) is 5.02 Å². The van der Waals surface area contributed by atoms with Gasteiger partial charge in [-0.15, -0.1) is 0 Å². The van der Waals surface area contributed by atoms with E-state index in [4.69, 9.17) is 21.1 Å². The van der Waals surface area contributed by atoms with Crippen LogP contribution in [0.25, 0.3) is 0 Å². The monoisotopic (exact) mass is 445 g/mol. The summed E-state index contributed by atoms with van der Waals surface area (Å²) in [4.78, 5) is 14.3. The Bertz CT molecular complexity index is 819. The van der Waals surface area contributed by atoms with Crippen molar-refractivity contribution in [3.63, 3.8) is 0 Å². The van der Waals surface area contributed by atoms with E-state index in [0.717, 1.165) is 0 Å². The van der Waals surface area contributed by atoms with Gasteiger partial charge in [-0.3, -0.25) is 4.79 Å². The zero-order valence-corrected chi connectivity index (χ0v) is 18.5. The zero-order chi connectivity index (χ0) is 21.2. The summed E-state index contributed by atoms with van der Waals surface area (Å²) in [6, 6.07) is 6.88. The highest BCUT2D eigenvalue weighted by Gasteiger charge is 2.37. The van der Waals surface area contributed by atoms with Crippen LogP contribution in [0.15, 0.2) is 24.3 Å². The lowest BCUT2D eigenvalue weighted by Crippen LogP contribution is -2.58. The van der Waals surface area contributed by atoms with Crippen LogP contribution in [-0.2, 0) is 19.7 Å². The number of piperazine rings is 1. The molecule has 10 heteroatoms. The second-order valence-corrected chi connectivity index (χ2v) is 9.89. The van der Waals surface area contributed by atoms with Crippen LogP contribution in [0.5, 0.6) is 5.75 Å². The molecule has 0 bridgehead atoms. The van der Waals surface area contributed by atoms with E-state index in [-0.39, 0.29) is 31.2 Å². The van der Waals surface area contributed by atoms with Crippen LogP contribution in [-0.4, -0.2) is 85.4 Å². The Morgan fingerprint density at radius 3 is 2.34 bits per heavy atom. The Labute approximate surface area is 177 Å². The van der Waals surface area contributed by atoms with Gasteiger partial charge in [0.25, 0.3) is 16.1 Å². The van der Waals surface area contributed by atoms with Crippen molar-refractivity contribution in [2.24, 2.45) is 0 Å². The molecule has 0 spiro atoms. The van der Waals surface area contributed by atoms with Gasteiger partial charge in [-0.2, -0.15) is 17.0 Å². The van der Waals surface area contributed by atoms with Crippen molar-refractivity contribution in [1.29, 1.82) is 0 Å². The van der Waals surface area contributed by atoms with Crippen molar-refractivity contribution in [3.05, 3.63) is 29.3 Å². The number of carbonyl (C=O) groups excluding carboxylic acids is 1. The van der Waals surface area contributed by atoms with Gasteiger partial charge in [0, 0.05) is 44.3 Å². The highest BCUT2D eigenvalue weighted by molar-refractivity contribution is 7.86. The Kier molecular flexibility index (Phi) is 7.06. The van der Waals surface area contributed by atoms with E-state index >= 15 is 0 Å². The van der Waals surface area contributed by atoms with Gasteiger partial charge in [0.15, 0.2) is 6.10 Å². The number of halogens is 1. The molecular weight excluding hydrogens is 418 g/mol. The number of ether oxygens (including phenoxy) is 2. The largest absolute Gasteiger partial charge is 0.481 e. The number of amides is 1. The lowest BCUT2D eigenvalue weighted by Gasteiger charge is -2.40. The number of nitrogens with zero attached hydrogens (tertiary/aromatic N) is 3. The first kappa shape index (κ1) is 22.3. The van der Waals surface area contributed by atoms with Gasteiger partial charge in [-0.1, -0.05) is 17.7 Å². The highest BCUT2D eigenvalue weighted by atomic mass is 35.5. The molecule has 2 heterocycles. The first-order valence-corrected chi connectivity index (χ1v) is 11.6. The average molecular weight is 446 g/mol. The zero-order valence-electron chi connectivity index (χ0n) is 17.0. The number of morpholine rings is 1. The fraction of sp³-hybridized carbons (Fsp3) is 0.632. The minimum absolute atomic E-state index is 0.138. The van der Waals surface area contributed by atoms with Crippen molar-refractivity contribution in [2.45, 2.75) is 39.1 Å². The molecule has 0 saturated carbocycles. The van der Waals surface area contributed by atoms with Crippen LogP contribution >= 0.6 is 11.6 Å². The van der Waals surface area contributed by atoms with E-state index in [1.54, 1.807) is 36.1 Å². The molecule has 0 radical (unpaired) electrons. The molecule has 2 aliphatic rings. The van der Waals surface area contributed by atoms with Gasteiger partial charge in [0.2, 0.25) is 0 Å². The summed E-state index contributed by atoms with van der Waals surface area (Å²) in [5.74, 6) is 0.353. The van der Waals surface area contributed by atoms with Gasteiger partial charge in [0.1, 0.15) is 5.75 Å². The molecule has 3 unspecified atom stereocenters. The Morgan fingerprint density at radius 1 is 1.14 bits per heavy atom. The molecule has 162 valence electrons. The van der Waals surface area contributed by atoms with Crippen molar-refractivity contribution in [2.75, 3.05) is 39.3 Å². The Balaban J connectivity index is 1.56. The maximum atomic E-state index is 13.0. The molecule has 2 saturated heterocycles. The topological polar surface area (TPSA) is 79.4 Å². The number of hydrogen-bond donors (Lipinski definition) is 0. The Morgan fingerprint density at radius 2 is 1.76 bits per heavy atom. The van der Waals surface area contributed by atoms with Gasteiger partial charge in [0.05, 0.1) is 12.2 Å². The van der Waals surface area contributed by atoms with Crippen molar-refractivity contribution >= 4 is 27.7 Å². The molecular formula is C19H28ClN3O5S. The van der Waals surface area contributed by atoms with Gasteiger partial charge in [-0.25, -0.2) is 0 Å². The van der Waals surface area contributed by atoms with Crippen LogP contribution in [0.3, 0.4) is 0 Å². The molecule has 0 N–H and O–H groups in total. The number of benzene rings is 1. The molecule has 0 aliphatic carbocycles. The first-order chi connectivity index (χ1) is 13.7. The van der Waals surface area contributed by atoms with E-state index in [1.807, 2.05) is 13.8 Å². The third kappa shape index (κ3) is 5.40. The van der Waals surface area contributed by atoms with Crippen LogP contribution in [0.4, 0.5) is 0 Å². The van der Waals surface area contributed by atoms with Crippen LogP contribution < -0.4 is 4.74 Å². The van der Waals surface area contributed by atoms with Crippen molar-refractivity contribution in [3.8, 4) is 5.75 Å². The highest BCUT2D eigenvalue weighted by Crippen LogP contribution is 2.21. The molecule has 3 rings (SSSR count). The fourth-order valence-electron chi connectivity index (χ4n) is 3.67. The van der Waals surface area contributed by atoms with E-state index < -0.39 is 16.3 Å². The summed E-state index contributed by atoms with van der Waals surface area (Å²) in [5, 5.41) is 0.535. The Hall–Kier alpha value is -1.39. The maximum absolute atomic E-state index is 13.0. The van der Waals surface area contributed by atoms with Gasteiger partial charge in [-0.05, 0) is 39.0 Å². The van der Waals surface area contributed by atoms with Crippen molar-refractivity contribution < 1.29 is 22.7 Å². The summed E-state index contributed by atoms with van der Waals surface area (Å²) < 4.78 is 40.2. The number of hydrogen-bond acceptors (Lipinski definition) is 5. The van der Waals surface area contributed by atoms with E-state index in [1.165, 1.54) is 8.61 Å². The smallest absolute Gasteiger partial charge is 0.282 e. The lowest BCUT2D eigenvalue weighted by atomic mass is 10.2. The van der Waals surface area contributed by atoms with E-state index in [9.17, 15) is 13.2 Å². The second kappa shape index (κ2) is 9.18. The number of rotatable bonds is 5. The van der Waals surface area contributed by atoms with Crippen LogP contribution in [0.1, 0.15) is 20.8 Å². The standard InChI is InChI=1S/C19H28ClN3O5S/c1-14-12-23(13-15(2)27-14)29(25,26)22-9-7-21(8-10-22)19(24)16(3)28-18-6-4-5-17(20)11-18/h4-6,11,14-16H,7-10,12-13H2,1-3H3. The normalized spacial score (nSPS) is 25.6. The molecule has 0 aromatic heterocycles. The molecule has 29 heavy (non-hydrogen) atoms. The third-order valence-electron chi connectivity index (χ3n) is 5.05. The predicted octanol–water partition coefficient (Wildman–Crippen LogP) is 1.61. The summed E-state index contributed by atoms with van der Waals surface area (Å²) in [7, 11) is -3.57. The molecule has 2 aliphatic heterocycles. The third-order valence-corrected chi connectivity index (χ3v) is 7.25. The summed E-state index contributed by atoms with van der Waals surface area (Å²) in [6.07, 6.45) is -0.959. The van der Waals surface area contributed by atoms with E-state index in [2.05, 4.69) is 0 Å². The summed E-state index contributed by atoms with van der Waals surface area (Å²) in [6.45, 7) is 7.30. The quantitative estimate of drug-likeness (QED) is 0.687. The van der Waals surface area contributed by atoms with E-state index in [0.29, 0.717) is 37.0 Å². The molecule has 1 aromatic carbocycles. The number of carbonyl (C=O) groups is 1. The minimum atomic E-state index is -3.57. The molecule has 8 nitrogen and oxygen atoms in total. The van der Waals surface area contributed by atoms with Gasteiger partial charge < -0.3 is 14.4 Å². The first-order valence-electron chi connectivity index (χ1n) is 9.78. The van der Waals surface area contributed by atoms with Crippen molar-refractivity contribution in [1.82, 2.24) is 13.5 Å². The molecule has 3 atom stereocenters. The fourth-order valence-corrected chi connectivity index (χ4v) is 5.60. The summed E-state index contributed by atoms with van der Waals surface area (Å²) in [5.41, 5.74) is 0. The molecule has 2 fully saturated rings. The summed E-state index contributed by atoms with van der Waals surface area (Å²) >= 11 is 5.95. The molecule has 1 aromatic rings. The second-order valence-electron chi connectivity index (χ2n) is 7.52. The maximum Gasteiger partial charge on any atom is 0.282 e. The molecule has 1 amide bonds.